The highest BCUT2D eigenvalue weighted by atomic mass is 32.2. The third-order valence-corrected chi connectivity index (χ3v) is 5.65. The minimum atomic E-state index is -0.350. The molecule has 0 saturated heterocycles. The fraction of sp³-hybridized carbons (Fsp3) is 0.600. The fourth-order valence-corrected chi connectivity index (χ4v) is 3.79. The lowest BCUT2D eigenvalue weighted by atomic mass is 9.88. The average Bonchev–Trinajstić information content (AvgIpc) is 2.53. The van der Waals surface area contributed by atoms with Crippen molar-refractivity contribution < 1.29 is 4.92 Å². The molecule has 0 heterocycles. The van der Waals surface area contributed by atoms with Crippen LogP contribution in [-0.4, -0.2) is 29.5 Å². The quantitative estimate of drug-likeness (QED) is 0.611. The van der Waals surface area contributed by atoms with E-state index in [1.165, 1.54) is 32.1 Å². The van der Waals surface area contributed by atoms with E-state index in [9.17, 15) is 10.1 Å². The minimum Gasteiger partial charge on any atom is -0.388 e. The summed E-state index contributed by atoms with van der Waals surface area (Å²) in [7, 11) is 1.77. The van der Waals surface area contributed by atoms with E-state index in [1.54, 1.807) is 19.2 Å². The summed E-state index contributed by atoms with van der Waals surface area (Å²) in [6.07, 6.45) is 8.48. The van der Waals surface area contributed by atoms with Crippen molar-refractivity contribution in [2.45, 2.75) is 36.9 Å². The molecule has 5 nitrogen and oxygen atoms in total. The number of anilines is 2. The largest absolute Gasteiger partial charge is 0.388 e. The van der Waals surface area contributed by atoms with Crippen molar-refractivity contribution >= 4 is 28.8 Å². The smallest absolute Gasteiger partial charge is 0.273 e. The zero-order chi connectivity index (χ0) is 15.3. The van der Waals surface area contributed by atoms with Gasteiger partial charge in [-0.25, -0.2) is 0 Å². The van der Waals surface area contributed by atoms with Gasteiger partial charge in [-0.1, -0.05) is 19.3 Å². The van der Waals surface area contributed by atoms with Gasteiger partial charge in [0, 0.05) is 41.8 Å². The first kappa shape index (κ1) is 15.9. The highest BCUT2D eigenvalue weighted by molar-refractivity contribution is 8.00. The van der Waals surface area contributed by atoms with Crippen LogP contribution in [0, 0.1) is 10.1 Å². The van der Waals surface area contributed by atoms with Gasteiger partial charge in [-0.05, 0) is 25.2 Å². The molecule has 2 rings (SSSR count). The van der Waals surface area contributed by atoms with E-state index in [0.29, 0.717) is 0 Å². The molecule has 1 aliphatic rings. The van der Waals surface area contributed by atoms with Crippen LogP contribution in [0.25, 0.3) is 0 Å². The number of nitrogens with one attached hydrogen (secondary N) is 2. The lowest BCUT2D eigenvalue weighted by Crippen LogP contribution is -2.35. The molecule has 0 amide bonds. The SMILES string of the molecule is CNc1cc(NCC2(SC)CCCCC2)cc([N+](=O)[O-])c1. The maximum atomic E-state index is 11.0. The van der Waals surface area contributed by atoms with Gasteiger partial charge in [-0.3, -0.25) is 10.1 Å². The van der Waals surface area contributed by atoms with E-state index in [4.69, 9.17) is 0 Å². The molecule has 0 unspecified atom stereocenters. The van der Waals surface area contributed by atoms with E-state index in [0.717, 1.165) is 17.9 Å². The number of nitro groups is 1. The van der Waals surface area contributed by atoms with Crippen LogP contribution in [0.2, 0.25) is 0 Å². The molecule has 1 aromatic rings. The van der Waals surface area contributed by atoms with Crippen molar-refractivity contribution in [3.05, 3.63) is 28.3 Å². The van der Waals surface area contributed by atoms with Gasteiger partial charge >= 0.3 is 0 Å². The topological polar surface area (TPSA) is 67.2 Å². The molecule has 1 aromatic carbocycles. The minimum absolute atomic E-state index is 0.117. The molecule has 21 heavy (non-hydrogen) atoms. The highest BCUT2D eigenvalue weighted by Crippen LogP contribution is 2.39. The Kier molecular flexibility index (Phi) is 5.33. The maximum Gasteiger partial charge on any atom is 0.273 e. The summed E-state index contributed by atoms with van der Waals surface area (Å²) in [5.74, 6) is 0. The van der Waals surface area contributed by atoms with E-state index in [2.05, 4.69) is 16.9 Å². The zero-order valence-electron chi connectivity index (χ0n) is 12.6. The molecule has 1 saturated carbocycles. The zero-order valence-corrected chi connectivity index (χ0v) is 13.5. The summed E-state index contributed by atoms with van der Waals surface area (Å²) in [5.41, 5.74) is 1.69. The Morgan fingerprint density at radius 1 is 1.24 bits per heavy atom. The van der Waals surface area contributed by atoms with Gasteiger partial charge in [0.1, 0.15) is 0 Å². The summed E-state index contributed by atoms with van der Waals surface area (Å²) in [6.45, 7) is 0.860. The fourth-order valence-electron chi connectivity index (χ4n) is 2.88. The molecular formula is C15H23N3O2S. The van der Waals surface area contributed by atoms with Crippen LogP contribution < -0.4 is 10.6 Å². The van der Waals surface area contributed by atoms with Crippen LogP contribution in [0.5, 0.6) is 0 Å². The normalized spacial score (nSPS) is 17.2. The van der Waals surface area contributed by atoms with Gasteiger partial charge in [-0.2, -0.15) is 11.8 Å². The molecule has 1 aliphatic carbocycles. The number of hydrogen-bond acceptors (Lipinski definition) is 5. The number of rotatable bonds is 6. The molecule has 2 N–H and O–H groups in total. The number of hydrogen-bond donors (Lipinski definition) is 2. The molecule has 0 spiro atoms. The van der Waals surface area contributed by atoms with Crippen molar-refractivity contribution in [1.82, 2.24) is 0 Å². The molecular weight excluding hydrogens is 286 g/mol. The molecule has 0 radical (unpaired) electrons. The number of thioether (sulfide) groups is 1. The Morgan fingerprint density at radius 3 is 2.48 bits per heavy atom. The maximum absolute atomic E-state index is 11.0. The molecule has 1 fully saturated rings. The average molecular weight is 309 g/mol. The second kappa shape index (κ2) is 7.02. The lowest BCUT2D eigenvalue weighted by molar-refractivity contribution is -0.384. The van der Waals surface area contributed by atoms with Crippen LogP contribution in [0.3, 0.4) is 0 Å². The summed E-state index contributed by atoms with van der Waals surface area (Å²) < 4.78 is 0.267. The van der Waals surface area contributed by atoms with Gasteiger partial charge in [0.15, 0.2) is 0 Å². The van der Waals surface area contributed by atoms with E-state index in [-0.39, 0.29) is 15.4 Å². The van der Waals surface area contributed by atoms with Crippen LogP contribution in [0.4, 0.5) is 17.1 Å². The first-order chi connectivity index (χ1) is 10.1. The molecule has 6 heteroatoms. The van der Waals surface area contributed by atoms with Crippen molar-refractivity contribution in [3.8, 4) is 0 Å². The Hall–Kier alpha value is -1.43. The third-order valence-electron chi connectivity index (χ3n) is 4.23. The predicted molar refractivity (Wildman–Crippen MR) is 90.5 cm³/mol. The molecule has 0 aliphatic heterocycles. The summed E-state index contributed by atoms with van der Waals surface area (Å²) in [6, 6.07) is 5.08. The third kappa shape index (κ3) is 4.03. The Morgan fingerprint density at radius 2 is 1.90 bits per heavy atom. The van der Waals surface area contributed by atoms with Gasteiger partial charge in [0.25, 0.3) is 5.69 Å². The molecule has 0 aromatic heterocycles. The van der Waals surface area contributed by atoms with Gasteiger partial charge in [-0.15, -0.1) is 0 Å². The number of non-ortho nitro benzene ring substituents is 1. The number of nitrogens with zero attached hydrogens (tertiary/aromatic N) is 1. The highest BCUT2D eigenvalue weighted by Gasteiger charge is 2.30. The van der Waals surface area contributed by atoms with E-state index >= 15 is 0 Å². The van der Waals surface area contributed by atoms with Crippen molar-refractivity contribution in [2.24, 2.45) is 0 Å². The van der Waals surface area contributed by atoms with Gasteiger partial charge < -0.3 is 10.6 Å². The monoisotopic (exact) mass is 309 g/mol. The van der Waals surface area contributed by atoms with Crippen LogP contribution in [-0.2, 0) is 0 Å². The van der Waals surface area contributed by atoms with Crippen LogP contribution in [0.15, 0.2) is 18.2 Å². The number of benzene rings is 1. The van der Waals surface area contributed by atoms with E-state index in [1.807, 2.05) is 17.8 Å². The van der Waals surface area contributed by atoms with Crippen LogP contribution in [0.1, 0.15) is 32.1 Å². The van der Waals surface area contributed by atoms with Gasteiger partial charge in [0.05, 0.1) is 4.92 Å². The first-order valence-electron chi connectivity index (χ1n) is 7.35. The molecule has 0 atom stereocenters. The Labute approximate surface area is 130 Å². The van der Waals surface area contributed by atoms with Crippen LogP contribution >= 0.6 is 11.8 Å². The number of nitro benzene ring substituents is 1. The second-order valence-electron chi connectivity index (χ2n) is 5.58. The Balaban J connectivity index is 2.11. The summed E-state index contributed by atoms with van der Waals surface area (Å²) in [5, 5.41) is 17.4. The summed E-state index contributed by atoms with van der Waals surface area (Å²) in [4.78, 5) is 10.6. The molecule has 116 valence electrons. The predicted octanol–water partition coefficient (Wildman–Crippen LogP) is 4.11. The van der Waals surface area contributed by atoms with Crippen molar-refractivity contribution in [2.75, 3.05) is 30.5 Å². The second-order valence-corrected chi connectivity index (χ2v) is 6.85. The Bertz CT molecular complexity index is 502. The van der Waals surface area contributed by atoms with Crippen molar-refractivity contribution in [1.29, 1.82) is 0 Å². The first-order valence-corrected chi connectivity index (χ1v) is 8.57. The van der Waals surface area contributed by atoms with E-state index < -0.39 is 0 Å². The summed E-state index contributed by atoms with van der Waals surface area (Å²) >= 11 is 1.92. The molecule has 0 bridgehead atoms. The van der Waals surface area contributed by atoms with Gasteiger partial charge in [0.2, 0.25) is 0 Å². The van der Waals surface area contributed by atoms with Crippen molar-refractivity contribution in [3.63, 3.8) is 0 Å². The standard InChI is InChI=1S/C15H23N3O2S/c1-16-12-8-13(10-14(9-12)18(19)20)17-11-15(21-2)6-4-3-5-7-15/h8-10,16-17H,3-7,11H2,1-2H3. The lowest BCUT2D eigenvalue weighted by Gasteiger charge is -2.36.